The Hall–Kier alpha value is -2.96. The molecule has 2 aromatic rings. The molecule has 0 fully saturated rings. The fourth-order valence-corrected chi connectivity index (χ4v) is 1.85. The number of Topliss-reactive ketones (excluding diaryl/α,β-unsaturated/α-hetero) is 1. The fraction of sp³-hybridized carbons (Fsp3) is 0. The second-order valence-electron chi connectivity index (χ2n) is 3.80. The van der Waals surface area contributed by atoms with Gasteiger partial charge in [-0.2, -0.15) is 0 Å². The second-order valence-corrected chi connectivity index (χ2v) is 3.80. The van der Waals surface area contributed by atoms with Crippen LogP contribution in [0.3, 0.4) is 0 Å². The molecule has 2 heterocycles. The number of allylic oxidation sites excluding steroid dienone is 1. The van der Waals surface area contributed by atoms with Crippen LogP contribution < -0.4 is 4.74 Å². The molecule has 0 spiro atoms. The van der Waals surface area contributed by atoms with Crippen LogP contribution in [0.15, 0.2) is 42.4 Å². The van der Waals surface area contributed by atoms with Crippen LogP contribution in [0.25, 0.3) is 5.70 Å². The molecule has 1 aliphatic rings. The summed E-state index contributed by atoms with van der Waals surface area (Å²) in [4.78, 5) is 29.0. The van der Waals surface area contributed by atoms with Gasteiger partial charge in [0.05, 0.1) is 10.5 Å². The van der Waals surface area contributed by atoms with Crippen molar-refractivity contribution < 1.29 is 14.5 Å². The number of imidazole rings is 1. The highest BCUT2D eigenvalue weighted by molar-refractivity contribution is 6.15. The molecule has 19 heavy (non-hydrogen) atoms. The number of ketones is 1. The van der Waals surface area contributed by atoms with Gasteiger partial charge in [0, 0.05) is 12.4 Å². The van der Waals surface area contributed by atoms with Crippen LogP contribution in [-0.2, 0) is 0 Å². The minimum atomic E-state index is -0.683. The van der Waals surface area contributed by atoms with Crippen LogP contribution in [-0.4, -0.2) is 20.7 Å². The summed E-state index contributed by atoms with van der Waals surface area (Å²) in [5.41, 5.74) is -0.158. The van der Waals surface area contributed by atoms with Crippen LogP contribution in [0.1, 0.15) is 16.2 Å². The lowest BCUT2D eigenvalue weighted by Gasteiger charge is -1.99. The summed E-state index contributed by atoms with van der Waals surface area (Å²) in [5.74, 6) is -0.533. The lowest BCUT2D eigenvalue weighted by Crippen LogP contribution is -2.10. The molecule has 0 bridgehead atoms. The average Bonchev–Trinajstić information content (AvgIpc) is 3.00. The third-order valence-corrected chi connectivity index (χ3v) is 2.67. The molecule has 1 aromatic heterocycles. The summed E-state index contributed by atoms with van der Waals surface area (Å²) in [6.07, 6.45) is 2.80. The topological polar surface area (TPSA) is 98.1 Å². The maximum absolute atomic E-state index is 12.1. The van der Waals surface area contributed by atoms with E-state index in [1.165, 1.54) is 12.4 Å². The number of ether oxygens (including phenoxy) is 1. The highest BCUT2D eigenvalue weighted by Crippen LogP contribution is 2.33. The summed E-state index contributed by atoms with van der Waals surface area (Å²) >= 11 is 0. The molecular weight excluding hydrogens is 250 g/mol. The van der Waals surface area contributed by atoms with E-state index >= 15 is 0 Å². The van der Waals surface area contributed by atoms with Crippen molar-refractivity contribution in [2.75, 3.05) is 0 Å². The zero-order valence-corrected chi connectivity index (χ0v) is 9.49. The van der Waals surface area contributed by atoms with Crippen LogP contribution in [0.2, 0.25) is 0 Å². The number of nitrogens with one attached hydrogen (secondary N) is 1. The number of nitrogens with zero attached hydrogens (tertiary/aromatic N) is 2. The first-order valence-electron chi connectivity index (χ1n) is 5.38. The molecule has 0 amide bonds. The third-order valence-electron chi connectivity index (χ3n) is 2.67. The van der Waals surface area contributed by atoms with Crippen LogP contribution >= 0.6 is 0 Å². The third kappa shape index (κ3) is 1.68. The van der Waals surface area contributed by atoms with E-state index in [2.05, 4.69) is 9.97 Å². The van der Waals surface area contributed by atoms with Crippen molar-refractivity contribution in [1.82, 2.24) is 9.97 Å². The highest BCUT2D eigenvalue weighted by Gasteiger charge is 2.37. The van der Waals surface area contributed by atoms with Crippen molar-refractivity contribution in [2.45, 2.75) is 0 Å². The van der Waals surface area contributed by atoms with E-state index in [9.17, 15) is 14.9 Å². The molecule has 1 aliphatic heterocycles. The number of rotatable bonds is 2. The molecule has 0 saturated heterocycles. The summed E-state index contributed by atoms with van der Waals surface area (Å²) in [6.45, 7) is 0. The zero-order valence-electron chi connectivity index (χ0n) is 9.49. The van der Waals surface area contributed by atoms with E-state index in [0.717, 1.165) is 0 Å². The van der Waals surface area contributed by atoms with Gasteiger partial charge in [-0.3, -0.25) is 14.9 Å². The van der Waals surface area contributed by atoms with Gasteiger partial charge in [-0.15, -0.1) is 0 Å². The van der Waals surface area contributed by atoms with Gasteiger partial charge in [0.1, 0.15) is 5.75 Å². The Labute approximate surface area is 106 Å². The van der Waals surface area contributed by atoms with Gasteiger partial charge in [0.25, 0.3) is 5.76 Å². The highest BCUT2D eigenvalue weighted by atomic mass is 16.6. The minimum Gasteiger partial charge on any atom is -0.445 e. The van der Waals surface area contributed by atoms with Crippen molar-refractivity contribution in [3.8, 4) is 5.75 Å². The number of para-hydroxylation sites is 1. The number of benzene rings is 1. The van der Waals surface area contributed by atoms with Crippen molar-refractivity contribution in [3.63, 3.8) is 0 Å². The maximum Gasteiger partial charge on any atom is 0.357 e. The Bertz CT molecular complexity index is 704. The first-order valence-corrected chi connectivity index (χ1v) is 5.38. The lowest BCUT2D eigenvalue weighted by molar-refractivity contribution is -0.377. The predicted octanol–water partition coefficient (Wildman–Crippen LogP) is 1.63. The molecule has 1 N–H and O–H groups in total. The molecule has 3 rings (SSSR count). The van der Waals surface area contributed by atoms with Gasteiger partial charge in [0.2, 0.25) is 11.6 Å². The van der Waals surface area contributed by atoms with Gasteiger partial charge in [-0.05, 0) is 12.1 Å². The van der Waals surface area contributed by atoms with Crippen LogP contribution in [0, 0.1) is 10.1 Å². The van der Waals surface area contributed by atoms with Crippen molar-refractivity contribution in [3.05, 3.63) is 63.9 Å². The standard InChI is InChI=1S/C12H7N3O4/c16-10-7-3-1-2-4-8(7)19-11(10)9(15(17)18)12-13-5-6-14-12/h1-6H,(H,13,14)/b11-9-. The van der Waals surface area contributed by atoms with E-state index in [0.29, 0.717) is 11.3 Å². The van der Waals surface area contributed by atoms with Crippen LogP contribution in [0.4, 0.5) is 0 Å². The van der Waals surface area contributed by atoms with Crippen molar-refractivity contribution >= 4 is 11.5 Å². The molecule has 94 valence electrons. The fourth-order valence-electron chi connectivity index (χ4n) is 1.85. The number of hydrogen-bond acceptors (Lipinski definition) is 5. The normalized spacial score (nSPS) is 15.9. The van der Waals surface area contributed by atoms with Gasteiger partial charge in [0.15, 0.2) is 0 Å². The Morgan fingerprint density at radius 1 is 1.37 bits per heavy atom. The Balaban J connectivity index is 2.18. The average molecular weight is 257 g/mol. The van der Waals surface area contributed by atoms with E-state index in [1.54, 1.807) is 24.3 Å². The van der Waals surface area contributed by atoms with Crippen LogP contribution in [0.5, 0.6) is 5.75 Å². The number of fused-ring (bicyclic) bond motifs is 1. The summed E-state index contributed by atoms with van der Waals surface area (Å²) in [6, 6.07) is 6.50. The van der Waals surface area contributed by atoms with E-state index in [-0.39, 0.29) is 11.6 Å². The maximum atomic E-state index is 12.1. The first-order chi connectivity index (χ1) is 9.18. The molecular formula is C12H7N3O4. The minimum absolute atomic E-state index is 0.0128. The number of aromatic amines is 1. The number of nitro groups is 1. The smallest absolute Gasteiger partial charge is 0.357 e. The van der Waals surface area contributed by atoms with E-state index in [1.807, 2.05) is 0 Å². The van der Waals surface area contributed by atoms with Gasteiger partial charge in [-0.25, -0.2) is 4.98 Å². The summed E-state index contributed by atoms with van der Waals surface area (Å²) in [5, 5.41) is 11.1. The molecule has 0 atom stereocenters. The monoisotopic (exact) mass is 257 g/mol. The molecule has 0 unspecified atom stereocenters. The largest absolute Gasteiger partial charge is 0.445 e. The van der Waals surface area contributed by atoms with Gasteiger partial charge < -0.3 is 9.72 Å². The van der Waals surface area contributed by atoms with Crippen molar-refractivity contribution in [1.29, 1.82) is 0 Å². The molecule has 0 saturated carbocycles. The Morgan fingerprint density at radius 3 is 2.79 bits per heavy atom. The lowest BCUT2D eigenvalue weighted by atomic mass is 10.1. The quantitative estimate of drug-likeness (QED) is 0.501. The molecule has 0 radical (unpaired) electrons. The first kappa shape index (κ1) is 11.1. The molecule has 7 nitrogen and oxygen atoms in total. The Kier molecular flexibility index (Phi) is 2.38. The summed E-state index contributed by atoms with van der Waals surface area (Å²) in [7, 11) is 0. The van der Waals surface area contributed by atoms with E-state index in [4.69, 9.17) is 4.74 Å². The second kappa shape index (κ2) is 4.05. The molecule has 7 heteroatoms. The van der Waals surface area contributed by atoms with Crippen molar-refractivity contribution in [2.24, 2.45) is 0 Å². The number of carbonyl (C=O) groups excluding carboxylic acids is 1. The predicted molar refractivity (Wildman–Crippen MR) is 63.9 cm³/mol. The Morgan fingerprint density at radius 2 is 2.16 bits per heavy atom. The molecule has 1 aromatic carbocycles. The van der Waals surface area contributed by atoms with Gasteiger partial charge >= 0.3 is 5.70 Å². The zero-order chi connectivity index (χ0) is 13.4. The summed E-state index contributed by atoms with van der Waals surface area (Å²) < 4.78 is 5.29. The SMILES string of the molecule is O=C1/C(=C(\c2ncc[nH]2)[N+](=O)[O-])Oc2ccccc21. The number of carbonyl (C=O) groups is 1. The molecule has 0 aliphatic carbocycles. The number of aromatic nitrogens is 2. The van der Waals surface area contributed by atoms with Gasteiger partial charge in [-0.1, -0.05) is 12.1 Å². The van der Waals surface area contributed by atoms with E-state index < -0.39 is 16.4 Å². The number of H-pyrrole nitrogens is 1. The number of hydrogen-bond donors (Lipinski definition) is 1.